The van der Waals surface area contributed by atoms with Gasteiger partial charge in [0.15, 0.2) is 5.78 Å². The molecule has 0 saturated heterocycles. The highest BCUT2D eigenvalue weighted by Crippen LogP contribution is 2.37. The van der Waals surface area contributed by atoms with Gasteiger partial charge in [0.1, 0.15) is 5.92 Å². The van der Waals surface area contributed by atoms with Gasteiger partial charge < -0.3 is 5.32 Å². The summed E-state index contributed by atoms with van der Waals surface area (Å²) in [5, 5.41) is 11.3. The summed E-state index contributed by atoms with van der Waals surface area (Å²) in [5.41, 5.74) is 4.10. The molecule has 0 saturated carbocycles. The van der Waals surface area contributed by atoms with Gasteiger partial charge in [0.2, 0.25) is 5.91 Å². The number of benzene rings is 2. The molecule has 0 radical (unpaired) electrons. The van der Waals surface area contributed by atoms with Crippen molar-refractivity contribution in [3.05, 3.63) is 59.2 Å². The number of unbranched alkanes of at least 4 members (excludes halogenated alkanes) is 1. The molecule has 0 heterocycles. The van der Waals surface area contributed by atoms with Crippen molar-refractivity contribution >= 4 is 17.6 Å². The second-order valence-electron chi connectivity index (χ2n) is 9.30. The van der Waals surface area contributed by atoms with Crippen LogP contribution in [0.4, 0.5) is 8.78 Å². The Hall–Kier alpha value is -3.13. The molecule has 3 N–H and O–H groups in total. The largest absolute Gasteiger partial charge is 0.358 e. The van der Waals surface area contributed by atoms with E-state index in [1.165, 1.54) is 19.5 Å². The average Bonchev–Trinajstić information content (AvgIpc) is 2.93. The molecule has 2 aromatic rings. The lowest BCUT2D eigenvalue weighted by Gasteiger charge is -2.20. The number of Topliss-reactive ketones (excluding diaryl/α,β-unsaturated/α-hetero) is 1. The number of hydroxylamine groups is 1. The van der Waals surface area contributed by atoms with Crippen LogP contribution in [0, 0.1) is 11.8 Å². The first-order chi connectivity index (χ1) is 17.6. The van der Waals surface area contributed by atoms with Crippen LogP contribution >= 0.6 is 0 Å². The number of carbonyl (C=O) groups is 3. The monoisotopic (exact) mass is 516 g/mol. The van der Waals surface area contributed by atoms with E-state index in [4.69, 9.17) is 5.21 Å². The number of hydrogen-bond acceptors (Lipinski definition) is 4. The minimum Gasteiger partial charge on any atom is -0.358 e. The minimum atomic E-state index is -2.91. The molecule has 0 fully saturated rings. The number of nitrogens with one attached hydrogen (secondary N) is 2. The summed E-state index contributed by atoms with van der Waals surface area (Å²) < 4.78 is 29.5. The number of halogens is 2. The molecule has 0 aromatic heterocycles. The van der Waals surface area contributed by atoms with Gasteiger partial charge in [0.25, 0.3) is 11.8 Å². The third-order valence-corrected chi connectivity index (χ3v) is 6.91. The Labute approximate surface area is 217 Å². The second kappa shape index (κ2) is 14.0. The quantitative estimate of drug-likeness (QED) is 0.123. The van der Waals surface area contributed by atoms with Crippen molar-refractivity contribution in [3.8, 4) is 11.1 Å². The molecule has 0 bridgehead atoms. The van der Waals surface area contributed by atoms with E-state index in [1.54, 1.807) is 36.4 Å². The molecule has 6 nitrogen and oxygen atoms in total. The molecular formula is C29H38F2N2O4. The van der Waals surface area contributed by atoms with Crippen LogP contribution in [0.5, 0.6) is 0 Å². The molecule has 37 heavy (non-hydrogen) atoms. The molecule has 0 aliphatic heterocycles. The summed E-state index contributed by atoms with van der Waals surface area (Å²) in [6.07, 6.45) is 3.00. The van der Waals surface area contributed by atoms with Gasteiger partial charge in [-0.15, -0.1) is 0 Å². The zero-order valence-corrected chi connectivity index (χ0v) is 22.1. The number of amides is 2. The van der Waals surface area contributed by atoms with E-state index in [0.29, 0.717) is 29.5 Å². The first-order valence-electron chi connectivity index (χ1n) is 12.9. The summed E-state index contributed by atoms with van der Waals surface area (Å²) in [6.45, 7) is 5.37. The standard InChI is InChI=1S/C29H38F2N2O4/c1-5-8-9-21-12-15-23(18-25(21)29(30,31)7-3)20-10-13-22(14-11-20)26(34)19(6-2)16-17-24(27(35)32-4)28(36)33-37/h10-15,18-19,24,37H,5-9,16-17H2,1-4H3,(H,32,35)(H,33,36). The lowest BCUT2D eigenvalue weighted by molar-refractivity contribution is -0.140. The lowest BCUT2D eigenvalue weighted by Crippen LogP contribution is -2.39. The molecule has 2 aromatic carbocycles. The fourth-order valence-corrected chi connectivity index (χ4v) is 4.46. The molecule has 0 aliphatic rings. The van der Waals surface area contributed by atoms with Gasteiger partial charge in [0.05, 0.1) is 0 Å². The van der Waals surface area contributed by atoms with Crippen LogP contribution in [0.2, 0.25) is 0 Å². The molecule has 2 atom stereocenters. The first kappa shape index (κ1) is 30.1. The normalized spacial score (nSPS) is 13.1. The summed E-state index contributed by atoms with van der Waals surface area (Å²) in [6, 6.07) is 12.0. The number of hydrogen-bond donors (Lipinski definition) is 3. The SMILES string of the molecule is CCCCc1ccc(-c2ccc(C(=O)C(CC)CCC(C(=O)NC)C(=O)NO)cc2)cc1C(F)(F)CC. The predicted molar refractivity (Wildman–Crippen MR) is 140 cm³/mol. The zero-order chi connectivity index (χ0) is 27.6. The predicted octanol–water partition coefficient (Wildman–Crippen LogP) is 6.05. The van der Waals surface area contributed by atoms with Crippen molar-refractivity contribution in [2.24, 2.45) is 11.8 Å². The average molecular weight is 517 g/mol. The summed E-state index contributed by atoms with van der Waals surface area (Å²) in [4.78, 5) is 37.0. The van der Waals surface area contributed by atoms with Crippen molar-refractivity contribution < 1.29 is 28.4 Å². The molecular weight excluding hydrogens is 478 g/mol. The second-order valence-corrected chi connectivity index (χ2v) is 9.30. The number of alkyl halides is 2. The van der Waals surface area contributed by atoms with Crippen LogP contribution in [0.25, 0.3) is 11.1 Å². The molecule has 2 amide bonds. The van der Waals surface area contributed by atoms with Gasteiger partial charge >= 0.3 is 0 Å². The molecule has 0 aliphatic carbocycles. The number of ketones is 1. The van der Waals surface area contributed by atoms with Gasteiger partial charge in [-0.1, -0.05) is 63.6 Å². The summed E-state index contributed by atoms with van der Waals surface area (Å²) in [5.74, 6) is -5.91. The lowest BCUT2D eigenvalue weighted by atomic mass is 9.87. The van der Waals surface area contributed by atoms with Crippen LogP contribution in [0.3, 0.4) is 0 Å². The van der Waals surface area contributed by atoms with Crippen molar-refractivity contribution in [1.82, 2.24) is 10.8 Å². The Morgan fingerprint density at radius 3 is 2.14 bits per heavy atom. The Bertz CT molecular complexity index is 1050. The maximum Gasteiger partial charge on any atom is 0.273 e. The number of rotatable bonds is 14. The van der Waals surface area contributed by atoms with E-state index in [9.17, 15) is 23.2 Å². The van der Waals surface area contributed by atoms with E-state index in [-0.39, 0.29) is 30.6 Å². The van der Waals surface area contributed by atoms with Crippen LogP contribution in [0.1, 0.15) is 80.8 Å². The van der Waals surface area contributed by atoms with Crippen LogP contribution in [0.15, 0.2) is 42.5 Å². The molecule has 8 heteroatoms. The third kappa shape index (κ3) is 7.68. The van der Waals surface area contributed by atoms with Gasteiger partial charge in [0, 0.05) is 30.5 Å². The van der Waals surface area contributed by atoms with Gasteiger partial charge in [-0.25, -0.2) is 14.3 Å². The van der Waals surface area contributed by atoms with Crippen LogP contribution in [-0.2, 0) is 21.9 Å². The van der Waals surface area contributed by atoms with E-state index in [1.807, 2.05) is 19.9 Å². The molecule has 2 rings (SSSR count). The molecule has 0 spiro atoms. The van der Waals surface area contributed by atoms with Gasteiger partial charge in [-0.05, 0) is 54.9 Å². The summed E-state index contributed by atoms with van der Waals surface area (Å²) >= 11 is 0. The van der Waals surface area contributed by atoms with Crippen molar-refractivity contribution in [2.75, 3.05) is 7.05 Å². The van der Waals surface area contributed by atoms with Gasteiger partial charge in [-0.3, -0.25) is 19.6 Å². The Morgan fingerprint density at radius 1 is 0.946 bits per heavy atom. The number of aryl methyl sites for hydroxylation is 1. The zero-order valence-electron chi connectivity index (χ0n) is 22.1. The van der Waals surface area contributed by atoms with Crippen molar-refractivity contribution in [2.45, 2.75) is 71.6 Å². The Morgan fingerprint density at radius 2 is 1.59 bits per heavy atom. The van der Waals surface area contributed by atoms with E-state index in [0.717, 1.165) is 18.4 Å². The maximum absolute atomic E-state index is 14.7. The van der Waals surface area contributed by atoms with Crippen molar-refractivity contribution in [1.29, 1.82) is 0 Å². The smallest absolute Gasteiger partial charge is 0.273 e. The Kier molecular flexibility index (Phi) is 11.4. The third-order valence-electron chi connectivity index (χ3n) is 6.91. The Balaban J connectivity index is 2.24. The topological polar surface area (TPSA) is 95.5 Å². The van der Waals surface area contributed by atoms with E-state index in [2.05, 4.69) is 5.32 Å². The highest BCUT2D eigenvalue weighted by atomic mass is 19.3. The number of carbonyl (C=O) groups excluding carboxylic acids is 3. The highest BCUT2D eigenvalue weighted by molar-refractivity contribution is 6.00. The minimum absolute atomic E-state index is 0.0599. The van der Waals surface area contributed by atoms with Gasteiger partial charge in [-0.2, -0.15) is 0 Å². The van der Waals surface area contributed by atoms with E-state index < -0.39 is 29.6 Å². The van der Waals surface area contributed by atoms with Crippen molar-refractivity contribution in [3.63, 3.8) is 0 Å². The molecule has 202 valence electrons. The summed E-state index contributed by atoms with van der Waals surface area (Å²) in [7, 11) is 1.40. The molecule has 2 unspecified atom stereocenters. The van der Waals surface area contributed by atoms with E-state index >= 15 is 0 Å². The highest BCUT2D eigenvalue weighted by Gasteiger charge is 2.32. The maximum atomic E-state index is 14.7. The fourth-order valence-electron chi connectivity index (χ4n) is 4.46. The van der Waals surface area contributed by atoms with Crippen LogP contribution in [-0.4, -0.2) is 29.9 Å². The fraction of sp³-hybridized carbons (Fsp3) is 0.483. The first-order valence-corrected chi connectivity index (χ1v) is 12.9. The van der Waals surface area contributed by atoms with Crippen LogP contribution < -0.4 is 10.8 Å².